The third-order valence-electron chi connectivity index (χ3n) is 4.38. The Morgan fingerprint density at radius 1 is 1.13 bits per heavy atom. The van der Waals surface area contributed by atoms with E-state index in [1.807, 2.05) is 0 Å². The highest BCUT2D eigenvalue weighted by Gasteiger charge is 2.49. The summed E-state index contributed by atoms with van der Waals surface area (Å²) in [6.07, 6.45) is -6.08. The zero-order valence-corrected chi connectivity index (χ0v) is 15.2. The molecular formula is C19H15F5N2O4. The number of aliphatic hydroxyl groups is 1. The lowest BCUT2D eigenvalue weighted by Crippen LogP contribution is -2.46. The number of alkyl halides is 3. The predicted octanol–water partition coefficient (Wildman–Crippen LogP) is 3.34. The first kappa shape index (κ1) is 21.5. The van der Waals surface area contributed by atoms with E-state index < -0.39 is 41.2 Å². The van der Waals surface area contributed by atoms with Gasteiger partial charge in [-0.25, -0.2) is 13.6 Å². The van der Waals surface area contributed by atoms with Crippen molar-refractivity contribution >= 4 is 17.7 Å². The number of benzene rings is 2. The molecular weight excluding hydrogens is 415 g/mol. The van der Waals surface area contributed by atoms with Crippen LogP contribution in [-0.4, -0.2) is 29.4 Å². The quantitative estimate of drug-likeness (QED) is 0.576. The van der Waals surface area contributed by atoms with Gasteiger partial charge in [-0.05, 0) is 42.0 Å². The van der Waals surface area contributed by atoms with E-state index in [4.69, 9.17) is 4.74 Å². The van der Waals surface area contributed by atoms with Gasteiger partial charge in [0.2, 0.25) is 0 Å². The van der Waals surface area contributed by atoms with Crippen LogP contribution >= 0.6 is 0 Å². The molecule has 6 nitrogen and oxygen atoms in total. The molecule has 1 atom stereocenters. The monoisotopic (exact) mass is 430 g/mol. The summed E-state index contributed by atoms with van der Waals surface area (Å²) in [4.78, 5) is 25.4. The average molecular weight is 430 g/mol. The molecule has 1 fully saturated rings. The van der Waals surface area contributed by atoms with Gasteiger partial charge in [-0.3, -0.25) is 4.79 Å². The van der Waals surface area contributed by atoms with E-state index in [1.54, 1.807) is 0 Å². The molecule has 0 radical (unpaired) electrons. The first-order valence-corrected chi connectivity index (χ1v) is 8.61. The van der Waals surface area contributed by atoms with Crippen molar-refractivity contribution in [2.75, 3.05) is 11.4 Å². The number of rotatable bonds is 4. The van der Waals surface area contributed by atoms with Crippen molar-refractivity contribution in [2.45, 2.75) is 24.9 Å². The van der Waals surface area contributed by atoms with E-state index in [1.165, 1.54) is 0 Å². The molecule has 30 heavy (non-hydrogen) atoms. The Balaban J connectivity index is 1.62. The van der Waals surface area contributed by atoms with Gasteiger partial charge in [-0.2, -0.15) is 13.2 Å². The summed E-state index contributed by atoms with van der Waals surface area (Å²) < 4.78 is 69.0. The second-order valence-corrected chi connectivity index (χ2v) is 6.56. The molecule has 1 saturated heterocycles. The van der Waals surface area contributed by atoms with Crippen molar-refractivity contribution in [2.24, 2.45) is 0 Å². The van der Waals surface area contributed by atoms with Crippen LogP contribution in [0.15, 0.2) is 42.5 Å². The molecule has 0 bridgehead atoms. The van der Waals surface area contributed by atoms with Crippen LogP contribution in [0, 0.1) is 11.6 Å². The highest BCUT2D eigenvalue weighted by atomic mass is 19.4. The number of nitrogens with one attached hydrogen (secondary N) is 1. The minimum atomic E-state index is -4.54. The molecule has 2 aromatic carbocycles. The van der Waals surface area contributed by atoms with E-state index in [2.05, 4.69) is 5.32 Å². The summed E-state index contributed by atoms with van der Waals surface area (Å²) >= 11 is 0. The van der Waals surface area contributed by atoms with Crippen molar-refractivity contribution < 1.29 is 41.4 Å². The maximum absolute atomic E-state index is 13.2. The maximum Gasteiger partial charge on any atom is 0.416 e. The lowest BCUT2D eigenvalue weighted by molar-refractivity contribution is -0.175. The Morgan fingerprint density at radius 3 is 2.30 bits per heavy atom. The van der Waals surface area contributed by atoms with E-state index in [9.17, 15) is 36.6 Å². The van der Waals surface area contributed by atoms with Crippen LogP contribution in [0.4, 0.5) is 32.4 Å². The smallest absolute Gasteiger partial charge is 0.407 e. The predicted molar refractivity (Wildman–Crippen MR) is 93.0 cm³/mol. The molecule has 2 amide bonds. The molecule has 0 unspecified atom stereocenters. The number of nitrogens with zero attached hydrogens (tertiary/aromatic N) is 1. The molecule has 3 rings (SSSR count). The van der Waals surface area contributed by atoms with Gasteiger partial charge in [0.25, 0.3) is 11.7 Å². The molecule has 0 aliphatic carbocycles. The summed E-state index contributed by atoms with van der Waals surface area (Å²) in [5, 5.41) is 12.5. The lowest BCUT2D eigenvalue weighted by Gasteiger charge is -2.22. The molecule has 2 N–H and O–H groups in total. The van der Waals surface area contributed by atoms with Crippen LogP contribution in [0.1, 0.15) is 17.5 Å². The van der Waals surface area contributed by atoms with Crippen LogP contribution < -0.4 is 10.2 Å². The van der Waals surface area contributed by atoms with Crippen molar-refractivity contribution in [1.29, 1.82) is 0 Å². The number of ether oxygens (including phenoxy) is 1. The molecule has 1 heterocycles. The molecule has 1 aliphatic rings. The van der Waals surface area contributed by atoms with Crippen molar-refractivity contribution in [1.82, 2.24) is 5.32 Å². The summed E-state index contributed by atoms with van der Waals surface area (Å²) in [5.41, 5.74) is -0.735. The van der Waals surface area contributed by atoms with Crippen LogP contribution in [0.2, 0.25) is 0 Å². The normalized spacial score (nSPS) is 19.1. The first-order chi connectivity index (χ1) is 14.0. The Morgan fingerprint density at radius 2 is 1.73 bits per heavy atom. The maximum atomic E-state index is 13.2. The number of anilines is 1. The van der Waals surface area contributed by atoms with Crippen LogP contribution in [0.5, 0.6) is 0 Å². The zero-order chi connectivity index (χ0) is 22.1. The minimum Gasteiger partial charge on any atom is -0.407 e. The van der Waals surface area contributed by atoms with Gasteiger partial charge in [0.1, 0.15) is 11.6 Å². The van der Waals surface area contributed by atoms with Gasteiger partial charge in [-0.1, -0.05) is 0 Å². The fraction of sp³-hybridized carbons (Fsp3) is 0.263. The molecule has 11 heteroatoms. The standard InChI is InChI=1S/C19H15F5N2O4/c20-13-7-11(8-14(21)9-13)10-25-17(28)30-18(29)5-6-26(16(18)27)15-3-1-12(2-4-15)19(22,23)24/h1-4,7-9,29H,5-6,10H2,(H,25,28)/t18-/m1/s1. The van der Waals surface area contributed by atoms with E-state index in [-0.39, 0.29) is 30.8 Å². The molecule has 160 valence electrons. The van der Waals surface area contributed by atoms with E-state index >= 15 is 0 Å². The Labute approximate surface area is 166 Å². The average Bonchev–Trinajstić information content (AvgIpc) is 2.93. The van der Waals surface area contributed by atoms with Crippen LogP contribution in [0.3, 0.4) is 0 Å². The summed E-state index contributed by atoms with van der Waals surface area (Å²) in [7, 11) is 0. The van der Waals surface area contributed by atoms with Crippen molar-refractivity contribution in [3.8, 4) is 0 Å². The van der Waals surface area contributed by atoms with Crippen LogP contribution in [0.25, 0.3) is 0 Å². The van der Waals surface area contributed by atoms with Crippen LogP contribution in [-0.2, 0) is 22.3 Å². The number of carbonyl (C=O) groups excluding carboxylic acids is 2. The molecule has 1 aliphatic heterocycles. The highest BCUT2D eigenvalue weighted by molar-refractivity contribution is 6.01. The van der Waals surface area contributed by atoms with Crippen molar-refractivity contribution in [3.63, 3.8) is 0 Å². The SMILES string of the molecule is O=C(NCc1cc(F)cc(F)c1)O[C@]1(O)CCN(c2ccc(C(F)(F)F)cc2)C1=O. The molecule has 0 saturated carbocycles. The molecule has 0 spiro atoms. The molecule has 0 aromatic heterocycles. The van der Waals surface area contributed by atoms with Gasteiger partial charge in [-0.15, -0.1) is 0 Å². The highest BCUT2D eigenvalue weighted by Crippen LogP contribution is 2.33. The topological polar surface area (TPSA) is 78.9 Å². The third kappa shape index (κ3) is 4.67. The Hall–Kier alpha value is -3.21. The summed E-state index contributed by atoms with van der Waals surface area (Å²) in [6, 6.07) is 6.29. The van der Waals surface area contributed by atoms with Gasteiger partial charge >= 0.3 is 12.3 Å². The van der Waals surface area contributed by atoms with Gasteiger partial charge in [0.05, 0.1) is 5.56 Å². The Kier molecular flexibility index (Phi) is 5.66. The van der Waals surface area contributed by atoms with Gasteiger partial charge < -0.3 is 20.1 Å². The number of hydrogen-bond acceptors (Lipinski definition) is 4. The number of carbonyl (C=O) groups is 2. The lowest BCUT2D eigenvalue weighted by atomic mass is 10.2. The van der Waals surface area contributed by atoms with Gasteiger partial charge in [0.15, 0.2) is 0 Å². The minimum absolute atomic E-state index is 0.0839. The second kappa shape index (κ2) is 7.90. The Bertz CT molecular complexity index is 944. The number of alkyl carbamates (subject to hydrolysis) is 1. The molecule has 2 aromatic rings. The van der Waals surface area contributed by atoms with Crippen molar-refractivity contribution in [3.05, 3.63) is 65.2 Å². The van der Waals surface area contributed by atoms with E-state index in [0.29, 0.717) is 6.07 Å². The number of hydrogen-bond donors (Lipinski definition) is 2. The fourth-order valence-corrected chi connectivity index (χ4v) is 2.93. The largest absolute Gasteiger partial charge is 0.416 e. The number of halogens is 5. The zero-order valence-electron chi connectivity index (χ0n) is 15.2. The second-order valence-electron chi connectivity index (χ2n) is 6.56. The first-order valence-electron chi connectivity index (χ1n) is 8.61. The van der Waals surface area contributed by atoms with Gasteiger partial charge in [0, 0.05) is 31.3 Å². The summed E-state index contributed by atoms with van der Waals surface area (Å²) in [5.74, 6) is -5.26. The van der Waals surface area contributed by atoms with E-state index in [0.717, 1.165) is 41.3 Å². The third-order valence-corrected chi connectivity index (χ3v) is 4.38. The number of amides is 2. The fourth-order valence-electron chi connectivity index (χ4n) is 2.93. The summed E-state index contributed by atoms with van der Waals surface area (Å²) in [6.45, 7) is -0.441.